The van der Waals surface area contributed by atoms with Gasteiger partial charge in [-0.1, -0.05) is 24.3 Å². The van der Waals surface area contributed by atoms with E-state index in [0.29, 0.717) is 57.3 Å². The monoisotopic (exact) mass is 513 g/mol. The van der Waals surface area contributed by atoms with Gasteiger partial charge in [0.05, 0.1) is 17.9 Å². The number of carbonyl (C=O) groups is 1. The Kier molecular flexibility index (Phi) is 6.96. The van der Waals surface area contributed by atoms with Crippen molar-refractivity contribution in [1.29, 1.82) is 0 Å². The van der Waals surface area contributed by atoms with Crippen LogP contribution >= 0.6 is 0 Å². The topological polar surface area (TPSA) is 52.6 Å². The van der Waals surface area contributed by atoms with Gasteiger partial charge < -0.3 is 4.90 Å². The van der Waals surface area contributed by atoms with Crippen LogP contribution in [-0.2, 0) is 30.7 Å². The largest absolute Gasteiger partial charge is 0.338 e. The fourth-order valence-corrected chi connectivity index (χ4v) is 5.53. The third-order valence-corrected chi connectivity index (χ3v) is 7.22. The number of amides is 1. The number of aromatic nitrogens is 2. The fraction of sp³-hybridized carbons (Fsp3) is 0.370. The second kappa shape index (κ2) is 10.2. The van der Waals surface area contributed by atoms with Crippen LogP contribution in [0.25, 0.3) is 0 Å². The van der Waals surface area contributed by atoms with E-state index in [-0.39, 0.29) is 18.1 Å². The van der Waals surface area contributed by atoms with E-state index in [1.165, 1.54) is 11.0 Å². The maximum atomic E-state index is 14.0. The van der Waals surface area contributed by atoms with Gasteiger partial charge in [-0.05, 0) is 23.3 Å². The van der Waals surface area contributed by atoms with Crippen LogP contribution in [0.3, 0.4) is 0 Å². The Balaban J connectivity index is 1.34. The predicted octanol–water partition coefficient (Wildman–Crippen LogP) is 3.35. The highest BCUT2D eigenvalue weighted by Crippen LogP contribution is 2.37. The third-order valence-electron chi connectivity index (χ3n) is 7.22. The first-order chi connectivity index (χ1) is 17.7. The molecule has 10 heteroatoms. The maximum Gasteiger partial charge on any atom is 0.243 e. The molecule has 5 rings (SSSR count). The van der Waals surface area contributed by atoms with Crippen LogP contribution < -0.4 is 0 Å². The van der Waals surface area contributed by atoms with Crippen molar-refractivity contribution in [3.8, 4) is 0 Å². The van der Waals surface area contributed by atoms with Crippen LogP contribution in [0.2, 0.25) is 0 Å². The minimum absolute atomic E-state index is 0.0254. The van der Waals surface area contributed by atoms with Crippen molar-refractivity contribution in [3.05, 3.63) is 94.6 Å². The van der Waals surface area contributed by atoms with Crippen molar-refractivity contribution in [2.75, 3.05) is 33.2 Å². The number of carbonyl (C=O) groups excluding carboxylic acids is 1. The van der Waals surface area contributed by atoms with E-state index >= 15 is 0 Å². The van der Waals surface area contributed by atoms with Crippen molar-refractivity contribution >= 4 is 5.91 Å². The van der Waals surface area contributed by atoms with Crippen molar-refractivity contribution in [2.24, 2.45) is 0 Å². The van der Waals surface area contributed by atoms with E-state index in [1.807, 2.05) is 24.3 Å². The van der Waals surface area contributed by atoms with E-state index in [0.717, 1.165) is 23.3 Å². The predicted molar refractivity (Wildman–Crippen MR) is 128 cm³/mol. The van der Waals surface area contributed by atoms with E-state index in [1.54, 1.807) is 7.05 Å². The van der Waals surface area contributed by atoms with Crippen molar-refractivity contribution in [1.82, 2.24) is 24.7 Å². The lowest BCUT2D eigenvalue weighted by Crippen LogP contribution is -2.64. The average molecular weight is 514 g/mol. The van der Waals surface area contributed by atoms with Crippen LogP contribution in [0.1, 0.15) is 22.5 Å². The summed E-state index contributed by atoms with van der Waals surface area (Å²) in [6.07, 6.45) is 1.04. The lowest BCUT2D eigenvalue weighted by atomic mass is 9.90. The highest BCUT2D eigenvalue weighted by atomic mass is 19.1. The van der Waals surface area contributed by atoms with Crippen LogP contribution in [0, 0.1) is 23.5 Å². The number of likely N-dealkylation sites (N-methyl/N-ethyl adjacent to an activating group) is 1. The van der Waals surface area contributed by atoms with Gasteiger partial charge in [-0.3, -0.25) is 14.6 Å². The number of piperazine rings is 1. The number of fused-ring (bicyclic) bond motifs is 1. The Bertz CT molecular complexity index is 1250. The molecule has 3 aromatic rings. The third kappa shape index (κ3) is 5.35. The first-order valence-corrected chi connectivity index (χ1v) is 12.2. The Morgan fingerprint density at radius 2 is 1.41 bits per heavy atom. The quantitative estimate of drug-likeness (QED) is 0.374. The number of hydrogen-bond donors (Lipinski definition) is 0. The zero-order valence-corrected chi connectivity index (χ0v) is 20.4. The van der Waals surface area contributed by atoms with Gasteiger partial charge in [0.15, 0.2) is 0 Å². The molecular weight excluding hydrogens is 486 g/mol. The molecule has 1 aliphatic heterocycles. The molecule has 0 saturated carbocycles. The minimum Gasteiger partial charge on any atom is -0.338 e. The molecule has 0 radical (unpaired) electrons. The number of rotatable bonds is 6. The lowest BCUT2D eigenvalue weighted by molar-refractivity contribution is -0.145. The summed E-state index contributed by atoms with van der Waals surface area (Å²) in [6, 6.07) is 11.8. The summed E-state index contributed by atoms with van der Waals surface area (Å²) < 4.78 is 54.5. The lowest BCUT2D eigenvalue weighted by Gasteiger charge is -2.46. The highest BCUT2D eigenvalue weighted by Gasteiger charge is 2.50. The van der Waals surface area contributed by atoms with E-state index in [4.69, 9.17) is 0 Å². The van der Waals surface area contributed by atoms with Gasteiger partial charge in [-0.15, -0.1) is 0 Å². The van der Waals surface area contributed by atoms with Crippen LogP contribution in [-0.4, -0.2) is 69.3 Å². The van der Waals surface area contributed by atoms with Gasteiger partial charge in [0.2, 0.25) is 17.8 Å². The molecule has 1 aromatic carbocycles. The van der Waals surface area contributed by atoms with Crippen molar-refractivity contribution in [2.45, 2.75) is 31.5 Å². The van der Waals surface area contributed by atoms with Crippen LogP contribution in [0.4, 0.5) is 17.6 Å². The molecule has 1 aliphatic carbocycles. The summed E-state index contributed by atoms with van der Waals surface area (Å²) in [7, 11) is 1.62. The molecule has 3 heterocycles. The summed E-state index contributed by atoms with van der Waals surface area (Å²) in [5, 5.41) is 0. The van der Waals surface area contributed by atoms with Crippen molar-refractivity contribution < 1.29 is 22.4 Å². The molecule has 6 nitrogen and oxygen atoms in total. The molecular formula is C27H27F4N5O. The molecule has 1 fully saturated rings. The second-order valence-corrected chi connectivity index (χ2v) is 9.78. The summed E-state index contributed by atoms with van der Waals surface area (Å²) in [5.41, 5.74) is 1.81. The van der Waals surface area contributed by atoms with E-state index in [2.05, 4.69) is 19.8 Å². The molecule has 2 aromatic heterocycles. The Hall–Kier alpha value is -3.37. The molecule has 0 spiro atoms. The molecule has 0 bridgehead atoms. The number of halogens is 4. The summed E-state index contributed by atoms with van der Waals surface area (Å²) >= 11 is 0. The van der Waals surface area contributed by atoms with Gasteiger partial charge >= 0.3 is 0 Å². The first kappa shape index (κ1) is 25.3. The standard InChI is InChI=1S/C27H27F4N5O/c1-34(16-22-10-20(28)12-24(30)32-22)26(37)27(14-18-4-2-3-5-19(18)15-27)36-8-6-35(7-9-36)17-23-11-21(29)13-25(31)33-23/h2-5,10-13H,6-9,14-17H2,1H3. The number of hydrogen-bond acceptors (Lipinski definition) is 5. The number of benzene rings is 1. The van der Waals surface area contributed by atoms with Gasteiger partial charge in [0.25, 0.3) is 0 Å². The van der Waals surface area contributed by atoms with Crippen LogP contribution in [0.15, 0.2) is 48.5 Å². The Labute approximate surface area is 212 Å². The smallest absolute Gasteiger partial charge is 0.243 e. The van der Waals surface area contributed by atoms with E-state index < -0.39 is 29.1 Å². The molecule has 0 N–H and O–H groups in total. The van der Waals surface area contributed by atoms with E-state index in [9.17, 15) is 22.4 Å². The normalized spacial score (nSPS) is 17.5. The molecule has 0 unspecified atom stereocenters. The molecule has 1 saturated heterocycles. The SMILES string of the molecule is CN(Cc1cc(F)cc(F)n1)C(=O)C1(N2CCN(Cc3cc(F)cc(F)n3)CC2)Cc2ccccc2C1. The van der Waals surface area contributed by atoms with Gasteiger partial charge in [-0.2, -0.15) is 8.78 Å². The first-order valence-electron chi connectivity index (χ1n) is 12.2. The summed E-state index contributed by atoms with van der Waals surface area (Å²) in [6.45, 7) is 2.59. The zero-order valence-electron chi connectivity index (χ0n) is 20.4. The average Bonchev–Trinajstić information content (AvgIpc) is 3.23. The Morgan fingerprint density at radius 1 is 0.865 bits per heavy atom. The molecule has 1 amide bonds. The summed E-state index contributed by atoms with van der Waals surface area (Å²) in [5.74, 6) is -3.32. The molecule has 37 heavy (non-hydrogen) atoms. The molecule has 194 valence electrons. The molecule has 0 atom stereocenters. The van der Waals surface area contributed by atoms with Gasteiger partial charge in [-0.25, -0.2) is 18.7 Å². The number of pyridine rings is 2. The Morgan fingerprint density at radius 3 is 1.97 bits per heavy atom. The fourth-order valence-electron chi connectivity index (χ4n) is 5.53. The van der Waals surface area contributed by atoms with Crippen molar-refractivity contribution in [3.63, 3.8) is 0 Å². The number of nitrogens with zero attached hydrogens (tertiary/aromatic N) is 5. The highest BCUT2D eigenvalue weighted by molar-refractivity contribution is 5.88. The minimum atomic E-state index is -0.928. The zero-order chi connectivity index (χ0) is 26.2. The second-order valence-electron chi connectivity index (χ2n) is 9.78. The van der Waals surface area contributed by atoms with Gasteiger partial charge in [0.1, 0.15) is 17.2 Å². The van der Waals surface area contributed by atoms with Crippen LogP contribution in [0.5, 0.6) is 0 Å². The maximum absolute atomic E-state index is 14.0. The summed E-state index contributed by atoms with van der Waals surface area (Å²) in [4.78, 5) is 27.3. The van der Waals surface area contributed by atoms with Gasteiger partial charge in [0, 0.05) is 64.7 Å². The molecule has 2 aliphatic rings.